The third-order valence-corrected chi connectivity index (χ3v) is 5.99. The fourth-order valence-corrected chi connectivity index (χ4v) is 4.19. The second kappa shape index (κ2) is 5.89. The zero-order valence-electron chi connectivity index (χ0n) is 12.1. The van der Waals surface area contributed by atoms with Gasteiger partial charge in [0.2, 0.25) is 5.71 Å². The van der Waals surface area contributed by atoms with Crippen LogP contribution in [-0.2, 0) is 0 Å². The topological polar surface area (TPSA) is 17.6 Å². The summed E-state index contributed by atoms with van der Waals surface area (Å²) in [5.74, 6) is 1.67. The minimum absolute atomic E-state index is 0.521. The van der Waals surface area contributed by atoms with Crippen LogP contribution in [0.3, 0.4) is 0 Å². The molecule has 22 heavy (non-hydrogen) atoms. The number of hydrogen-bond donors (Lipinski definition) is 0. The molecule has 1 aromatic carbocycles. The fourth-order valence-electron chi connectivity index (χ4n) is 3.39. The summed E-state index contributed by atoms with van der Waals surface area (Å²) in [6, 6.07) is 12.6. The highest BCUT2D eigenvalue weighted by molar-refractivity contribution is 9.10. The first-order valence-electron chi connectivity index (χ1n) is 7.72. The first kappa shape index (κ1) is 14.6. The van der Waals surface area contributed by atoms with E-state index in [4.69, 9.17) is 4.42 Å². The summed E-state index contributed by atoms with van der Waals surface area (Å²) < 4.78 is 9.52. The van der Waals surface area contributed by atoms with Crippen molar-refractivity contribution in [2.45, 2.75) is 36.4 Å². The van der Waals surface area contributed by atoms with Crippen LogP contribution in [0.25, 0.3) is 17.0 Å². The second-order valence-electron chi connectivity index (χ2n) is 5.99. The zero-order chi connectivity index (χ0) is 15.1. The van der Waals surface area contributed by atoms with Crippen molar-refractivity contribution in [1.29, 1.82) is 0 Å². The predicted octanol–water partition coefficient (Wildman–Crippen LogP) is 6.38. The summed E-state index contributed by atoms with van der Waals surface area (Å²) in [5.41, 5.74) is 3.37. The molecule has 0 aliphatic heterocycles. The molecule has 2 aromatic heterocycles. The molecular formula is C18H17Br2NO. The highest BCUT2D eigenvalue weighted by Gasteiger charge is 2.27. The highest BCUT2D eigenvalue weighted by atomic mass is 79.9. The SMILES string of the molecule is Brc1ccc(-c2c(C3CCC(Br)CC3)oc3cccn23)cc1. The third-order valence-electron chi connectivity index (χ3n) is 4.55. The largest absolute Gasteiger partial charge is 0.442 e. The Morgan fingerprint density at radius 1 is 1.00 bits per heavy atom. The Kier molecular flexibility index (Phi) is 3.91. The van der Waals surface area contributed by atoms with Crippen LogP contribution < -0.4 is 0 Å². The number of benzene rings is 1. The molecule has 0 amide bonds. The van der Waals surface area contributed by atoms with E-state index in [1.807, 2.05) is 12.1 Å². The van der Waals surface area contributed by atoms with Crippen molar-refractivity contribution in [3.8, 4) is 11.3 Å². The van der Waals surface area contributed by atoms with E-state index >= 15 is 0 Å². The summed E-state index contributed by atoms with van der Waals surface area (Å²) in [5, 5.41) is 0. The minimum atomic E-state index is 0.521. The Morgan fingerprint density at radius 3 is 2.45 bits per heavy atom. The fraction of sp³-hybridized carbons (Fsp3) is 0.333. The van der Waals surface area contributed by atoms with E-state index in [0.29, 0.717) is 10.7 Å². The molecule has 1 aliphatic carbocycles. The normalized spacial score (nSPS) is 22.3. The number of oxazole rings is 1. The van der Waals surface area contributed by atoms with Crippen LogP contribution in [0.1, 0.15) is 37.4 Å². The van der Waals surface area contributed by atoms with Crippen molar-refractivity contribution in [2.75, 3.05) is 0 Å². The Balaban J connectivity index is 1.82. The van der Waals surface area contributed by atoms with Crippen molar-refractivity contribution in [2.24, 2.45) is 0 Å². The van der Waals surface area contributed by atoms with Crippen LogP contribution in [0.5, 0.6) is 0 Å². The van der Waals surface area contributed by atoms with Crippen LogP contribution in [0.15, 0.2) is 51.5 Å². The number of aromatic nitrogens is 1. The molecule has 0 N–H and O–H groups in total. The van der Waals surface area contributed by atoms with E-state index in [0.717, 1.165) is 15.9 Å². The van der Waals surface area contributed by atoms with Gasteiger partial charge in [-0.05, 0) is 43.9 Å². The smallest absolute Gasteiger partial charge is 0.204 e. The highest BCUT2D eigenvalue weighted by Crippen LogP contribution is 2.41. The molecule has 1 fully saturated rings. The molecule has 4 heteroatoms. The van der Waals surface area contributed by atoms with E-state index in [1.54, 1.807) is 0 Å². The standard InChI is InChI=1S/C18H17Br2NO/c19-14-7-3-12(4-8-14)17-18(13-5-9-15(20)10-6-13)22-16-2-1-11-21(16)17/h1-4,7-8,11,13,15H,5-6,9-10H2. The third kappa shape index (κ3) is 2.56. The average Bonchev–Trinajstić information content (AvgIpc) is 3.10. The molecule has 3 aromatic rings. The lowest BCUT2D eigenvalue weighted by molar-refractivity contribution is 0.394. The molecule has 114 valence electrons. The molecule has 0 saturated heterocycles. The van der Waals surface area contributed by atoms with Gasteiger partial charge < -0.3 is 4.42 Å². The number of alkyl halides is 1. The van der Waals surface area contributed by atoms with Gasteiger partial charge in [0.05, 0.1) is 5.69 Å². The molecule has 0 radical (unpaired) electrons. The van der Waals surface area contributed by atoms with Crippen LogP contribution in [0, 0.1) is 0 Å². The van der Waals surface area contributed by atoms with Gasteiger partial charge in [-0.2, -0.15) is 0 Å². The average molecular weight is 423 g/mol. The van der Waals surface area contributed by atoms with Gasteiger partial charge in [0.1, 0.15) is 5.76 Å². The molecule has 0 atom stereocenters. The Bertz CT molecular complexity index is 779. The number of fused-ring (bicyclic) bond motifs is 1. The summed E-state index contributed by atoms with van der Waals surface area (Å²) in [7, 11) is 0. The van der Waals surface area contributed by atoms with Gasteiger partial charge in [-0.1, -0.05) is 44.0 Å². The van der Waals surface area contributed by atoms with Crippen molar-refractivity contribution in [1.82, 2.24) is 4.40 Å². The first-order valence-corrected chi connectivity index (χ1v) is 9.43. The quantitative estimate of drug-likeness (QED) is 0.438. The monoisotopic (exact) mass is 421 g/mol. The minimum Gasteiger partial charge on any atom is -0.442 e. The Hall–Kier alpha value is -1.00. The van der Waals surface area contributed by atoms with Crippen molar-refractivity contribution >= 4 is 37.6 Å². The molecule has 2 nitrogen and oxygen atoms in total. The molecule has 2 heterocycles. The molecule has 0 bridgehead atoms. The van der Waals surface area contributed by atoms with Crippen LogP contribution in [-0.4, -0.2) is 9.23 Å². The summed E-state index contributed by atoms with van der Waals surface area (Å²) >= 11 is 7.26. The lowest BCUT2D eigenvalue weighted by atomic mass is 9.86. The van der Waals surface area contributed by atoms with Crippen LogP contribution >= 0.6 is 31.9 Å². The lowest BCUT2D eigenvalue weighted by Gasteiger charge is -2.24. The maximum Gasteiger partial charge on any atom is 0.204 e. The van der Waals surface area contributed by atoms with Crippen molar-refractivity contribution in [3.05, 3.63) is 52.8 Å². The van der Waals surface area contributed by atoms with Gasteiger partial charge in [0.15, 0.2) is 0 Å². The summed E-state index contributed by atoms with van der Waals surface area (Å²) in [6.07, 6.45) is 6.92. The molecule has 0 spiro atoms. The van der Waals surface area contributed by atoms with Crippen LogP contribution in [0.4, 0.5) is 0 Å². The Labute approximate surface area is 146 Å². The molecule has 4 rings (SSSR count). The number of rotatable bonds is 2. The maximum atomic E-state index is 6.23. The van der Waals surface area contributed by atoms with Gasteiger partial charge in [0, 0.05) is 33.0 Å². The first-order chi connectivity index (χ1) is 10.7. The van der Waals surface area contributed by atoms with E-state index in [1.165, 1.54) is 36.9 Å². The second-order valence-corrected chi connectivity index (χ2v) is 8.20. The molecule has 0 unspecified atom stereocenters. The van der Waals surface area contributed by atoms with E-state index in [9.17, 15) is 0 Å². The van der Waals surface area contributed by atoms with Crippen molar-refractivity contribution in [3.63, 3.8) is 0 Å². The predicted molar refractivity (Wildman–Crippen MR) is 96.7 cm³/mol. The van der Waals surface area contributed by atoms with Gasteiger partial charge in [-0.25, -0.2) is 0 Å². The number of hydrogen-bond acceptors (Lipinski definition) is 1. The van der Waals surface area contributed by atoms with E-state index in [2.05, 4.69) is 66.7 Å². The number of nitrogens with zero attached hydrogens (tertiary/aromatic N) is 1. The van der Waals surface area contributed by atoms with Gasteiger partial charge in [-0.15, -0.1) is 0 Å². The van der Waals surface area contributed by atoms with E-state index < -0.39 is 0 Å². The van der Waals surface area contributed by atoms with E-state index in [-0.39, 0.29) is 0 Å². The maximum absolute atomic E-state index is 6.23. The van der Waals surface area contributed by atoms with Crippen molar-refractivity contribution < 1.29 is 4.42 Å². The van der Waals surface area contributed by atoms with Gasteiger partial charge in [-0.3, -0.25) is 4.40 Å². The molecule has 1 aliphatic rings. The molecule has 1 saturated carbocycles. The van der Waals surface area contributed by atoms with Gasteiger partial charge >= 0.3 is 0 Å². The summed E-state index contributed by atoms with van der Waals surface area (Å²) in [4.78, 5) is 0.667. The molecular weight excluding hydrogens is 406 g/mol. The van der Waals surface area contributed by atoms with Crippen LogP contribution in [0.2, 0.25) is 0 Å². The lowest BCUT2D eigenvalue weighted by Crippen LogP contribution is -2.12. The number of halogens is 2. The Morgan fingerprint density at radius 2 is 1.73 bits per heavy atom. The summed E-state index contributed by atoms with van der Waals surface area (Å²) in [6.45, 7) is 0. The van der Waals surface area contributed by atoms with Gasteiger partial charge in [0.25, 0.3) is 0 Å². The zero-order valence-corrected chi connectivity index (χ0v) is 15.3.